The Morgan fingerprint density at radius 2 is 2.00 bits per heavy atom. The second-order valence-corrected chi connectivity index (χ2v) is 1.25. The first kappa shape index (κ1) is 3.12. The predicted octanol–water partition coefficient (Wildman–Crippen LogP) is 0.209. The first-order chi connectivity index (χ1) is 2.30. The van der Waals surface area contributed by atoms with Gasteiger partial charge in [0, 0.05) is 7.05 Å². The second-order valence-electron chi connectivity index (χ2n) is 1.25. The van der Waals surface area contributed by atoms with Crippen LogP contribution in [-0.2, 0) is 4.84 Å². The lowest BCUT2D eigenvalue weighted by Gasteiger charge is -1.65. The average molecular weight is 73.1 g/mol. The van der Waals surface area contributed by atoms with Crippen LogP contribution in [0.5, 0.6) is 0 Å². The summed E-state index contributed by atoms with van der Waals surface area (Å²) in [5.41, 5.74) is 0. The van der Waals surface area contributed by atoms with Crippen molar-refractivity contribution in [3.63, 3.8) is 0 Å². The Bertz CT molecular complexity index is 40.2. The van der Waals surface area contributed by atoms with Gasteiger partial charge in [0.15, 0.2) is 6.23 Å². The van der Waals surface area contributed by atoms with Crippen molar-refractivity contribution in [2.45, 2.75) is 13.2 Å². The number of nitrogens with zero attached hydrogens (tertiary/aromatic N) is 1. The summed E-state index contributed by atoms with van der Waals surface area (Å²) in [5.74, 6) is 0. The van der Waals surface area contributed by atoms with Crippen LogP contribution in [0, 0.1) is 0 Å². The van der Waals surface area contributed by atoms with Crippen molar-refractivity contribution < 1.29 is 4.84 Å². The molecule has 0 amide bonds. The molecule has 30 valence electrons. The molecule has 1 aliphatic rings. The lowest BCUT2D eigenvalue weighted by molar-refractivity contribution is 0.234. The summed E-state index contributed by atoms with van der Waals surface area (Å²) in [6, 6.07) is 0. The smallest absolute Gasteiger partial charge is 0.151 e. The standard InChI is InChI=1S/C3H7NO/c1-3-4(2)5-3/h3H,1-2H3/t3-,4?/m0/s1. The molecule has 0 aromatic carbocycles. The molecule has 1 fully saturated rings. The zero-order valence-electron chi connectivity index (χ0n) is 3.43. The van der Waals surface area contributed by atoms with E-state index in [4.69, 9.17) is 4.84 Å². The quantitative estimate of drug-likeness (QED) is 0.381. The van der Waals surface area contributed by atoms with Crippen molar-refractivity contribution in [2.75, 3.05) is 7.05 Å². The van der Waals surface area contributed by atoms with Gasteiger partial charge in [0.05, 0.1) is 0 Å². The molecular formula is C3H7NO. The molecule has 1 saturated heterocycles. The van der Waals surface area contributed by atoms with Gasteiger partial charge in [-0.1, -0.05) is 0 Å². The fourth-order valence-corrected chi connectivity index (χ4v) is 0.213. The Labute approximate surface area is 31.3 Å². The largest absolute Gasteiger partial charge is 0.276 e. The van der Waals surface area contributed by atoms with Gasteiger partial charge in [-0.3, -0.25) is 4.84 Å². The molecule has 2 atom stereocenters. The van der Waals surface area contributed by atoms with Crippen LogP contribution in [-0.4, -0.2) is 18.3 Å². The first-order valence-electron chi connectivity index (χ1n) is 1.70. The second kappa shape index (κ2) is 0.698. The highest BCUT2D eigenvalue weighted by atomic mass is 16.8. The van der Waals surface area contributed by atoms with E-state index in [0.29, 0.717) is 6.23 Å². The highest BCUT2D eigenvalue weighted by Gasteiger charge is 2.24. The molecule has 0 aliphatic carbocycles. The highest BCUT2D eigenvalue weighted by molar-refractivity contribution is 4.48. The summed E-state index contributed by atoms with van der Waals surface area (Å²) in [4.78, 5) is 4.75. The fourth-order valence-electron chi connectivity index (χ4n) is 0.213. The number of hydroxylamine groups is 2. The summed E-state index contributed by atoms with van der Waals surface area (Å²) in [6.07, 6.45) is 0.384. The molecule has 0 bridgehead atoms. The number of hydrogen-bond donors (Lipinski definition) is 0. The predicted molar refractivity (Wildman–Crippen MR) is 18.3 cm³/mol. The Kier molecular flexibility index (Phi) is 0.436. The van der Waals surface area contributed by atoms with E-state index in [-0.39, 0.29) is 0 Å². The lowest BCUT2D eigenvalue weighted by Crippen LogP contribution is -1.83. The van der Waals surface area contributed by atoms with E-state index in [1.54, 1.807) is 5.06 Å². The van der Waals surface area contributed by atoms with Crippen molar-refractivity contribution in [2.24, 2.45) is 0 Å². The Morgan fingerprint density at radius 1 is 1.80 bits per heavy atom. The third-order valence-electron chi connectivity index (χ3n) is 0.785. The molecule has 1 heterocycles. The van der Waals surface area contributed by atoms with Gasteiger partial charge in [-0.2, -0.15) is 5.06 Å². The van der Waals surface area contributed by atoms with Crippen molar-refractivity contribution >= 4 is 0 Å². The molecule has 2 nitrogen and oxygen atoms in total. The van der Waals surface area contributed by atoms with E-state index in [2.05, 4.69) is 0 Å². The normalized spacial score (nSPS) is 49.2. The first-order valence-corrected chi connectivity index (χ1v) is 1.70. The molecule has 1 rings (SSSR count). The van der Waals surface area contributed by atoms with Gasteiger partial charge < -0.3 is 0 Å². The van der Waals surface area contributed by atoms with Crippen LogP contribution < -0.4 is 0 Å². The van der Waals surface area contributed by atoms with Crippen molar-refractivity contribution in [1.82, 2.24) is 5.06 Å². The molecule has 0 radical (unpaired) electrons. The monoisotopic (exact) mass is 73.1 g/mol. The van der Waals surface area contributed by atoms with E-state index in [9.17, 15) is 0 Å². The molecule has 2 heteroatoms. The van der Waals surface area contributed by atoms with Crippen LogP contribution in [0.15, 0.2) is 0 Å². The van der Waals surface area contributed by atoms with Crippen LogP contribution in [0.2, 0.25) is 0 Å². The van der Waals surface area contributed by atoms with Gasteiger partial charge in [-0.15, -0.1) is 0 Å². The van der Waals surface area contributed by atoms with Gasteiger partial charge in [0.25, 0.3) is 0 Å². The van der Waals surface area contributed by atoms with E-state index in [1.807, 2.05) is 14.0 Å². The summed E-state index contributed by atoms with van der Waals surface area (Å²) in [6.45, 7) is 2.00. The molecule has 5 heavy (non-hydrogen) atoms. The van der Waals surface area contributed by atoms with Gasteiger partial charge in [-0.25, -0.2) is 0 Å². The van der Waals surface area contributed by atoms with E-state index < -0.39 is 0 Å². The number of hydrogen-bond acceptors (Lipinski definition) is 2. The SMILES string of the molecule is C[C@@H]1ON1C. The average Bonchev–Trinajstić information content (AvgIpc) is 1.79. The summed E-state index contributed by atoms with van der Waals surface area (Å²) in [7, 11) is 1.91. The Balaban J connectivity index is 2.20. The van der Waals surface area contributed by atoms with Crippen molar-refractivity contribution in [1.29, 1.82) is 0 Å². The Hall–Kier alpha value is -0.0800. The fraction of sp³-hybridized carbons (Fsp3) is 1.00. The number of rotatable bonds is 0. The Morgan fingerprint density at radius 3 is 2.00 bits per heavy atom. The molecule has 0 N–H and O–H groups in total. The van der Waals surface area contributed by atoms with Gasteiger partial charge in [0.1, 0.15) is 0 Å². The van der Waals surface area contributed by atoms with E-state index in [0.717, 1.165) is 0 Å². The summed E-state index contributed by atoms with van der Waals surface area (Å²) >= 11 is 0. The zero-order chi connectivity index (χ0) is 3.86. The molecule has 0 aromatic rings. The topological polar surface area (TPSA) is 15.5 Å². The van der Waals surface area contributed by atoms with Crippen LogP contribution in [0.3, 0.4) is 0 Å². The van der Waals surface area contributed by atoms with Crippen LogP contribution in [0.4, 0.5) is 0 Å². The van der Waals surface area contributed by atoms with Gasteiger partial charge in [-0.05, 0) is 6.92 Å². The van der Waals surface area contributed by atoms with Crippen molar-refractivity contribution in [3.05, 3.63) is 0 Å². The molecular weight excluding hydrogens is 66.0 g/mol. The minimum absolute atomic E-state index is 0.384. The third kappa shape index (κ3) is 0.412. The highest BCUT2D eigenvalue weighted by Crippen LogP contribution is 2.12. The summed E-state index contributed by atoms with van der Waals surface area (Å²) < 4.78 is 0. The van der Waals surface area contributed by atoms with E-state index >= 15 is 0 Å². The third-order valence-corrected chi connectivity index (χ3v) is 0.785. The van der Waals surface area contributed by atoms with Crippen LogP contribution in [0.1, 0.15) is 6.92 Å². The summed E-state index contributed by atoms with van der Waals surface area (Å²) in [5, 5.41) is 1.79. The maximum Gasteiger partial charge on any atom is 0.151 e. The molecule has 1 unspecified atom stereocenters. The van der Waals surface area contributed by atoms with Crippen LogP contribution in [0.25, 0.3) is 0 Å². The minimum Gasteiger partial charge on any atom is -0.276 e. The zero-order valence-corrected chi connectivity index (χ0v) is 3.43. The minimum atomic E-state index is 0.384. The molecule has 0 aromatic heterocycles. The van der Waals surface area contributed by atoms with Crippen molar-refractivity contribution in [3.8, 4) is 0 Å². The maximum atomic E-state index is 4.75. The van der Waals surface area contributed by atoms with Gasteiger partial charge in [0.2, 0.25) is 0 Å². The molecule has 0 spiro atoms. The lowest BCUT2D eigenvalue weighted by atomic mass is 10.7. The van der Waals surface area contributed by atoms with Gasteiger partial charge >= 0.3 is 0 Å². The maximum absolute atomic E-state index is 4.75. The van der Waals surface area contributed by atoms with Crippen LogP contribution >= 0.6 is 0 Å². The molecule has 1 aliphatic heterocycles. The molecule has 0 saturated carbocycles. The van der Waals surface area contributed by atoms with E-state index in [1.165, 1.54) is 0 Å².